The molecule has 2 rings (SSSR count). The van der Waals surface area contributed by atoms with Crippen molar-refractivity contribution >= 4 is 11.9 Å². The number of halogens is 2. The third-order valence-electron chi connectivity index (χ3n) is 3.54. The van der Waals surface area contributed by atoms with Crippen molar-refractivity contribution in [2.45, 2.75) is 31.7 Å². The normalized spacial score (nSPS) is 21.7. The van der Waals surface area contributed by atoms with Gasteiger partial charge in [0.1, 0.15) is 11.6 Å². The van der Waals surface area contributed by atoms with Gasteiger partial charge in [-0.15, -0.1) is 0 Å². The van der Waals surface area contributed by atoms with E-state index in [-0.39, 0.29) is 12.0 Å². The fraction of sp³-hybridized carbons (Fsp3) is 0.429. The van der Waals surface area contributed by atoms with E-state index in [0.29, 0.717) is 12.8 Å². The number of carbonyl (C=O) groups is 2. The van der Waals surface area contributed by atoms with Crippen LogP contribution in [-0.4, -0.2) is 23.0 Å². The van der Waals surface area contributed by atoms with Crippen molar-refractivity contribution in [3.63, 3.8) is 0 Å². The first kappa shape index (κ1) is 14.4. The maximum absolute atomic E-state index is 13.4. The van der Waals surface area contributed by atoms with E-state index in [1.165, 1.54) is 0 Å². The van der Waals surface area contributed by atoms with Crippen molar-refractivity contribution in [1.29, 1.82) is 0 Å². The molecule has 2 N–H and O–H groups in total. The maximum atomic E-state index is 13.4. The highest BCUT2D eigenvalue weighted by atomic mass is 19.1. The average molecular weight is 283 g/mol. The predicted octanol–water partition coefficient (Wildman–Crippen LogP) is 1.88. The topological polar surface area (TPSA) is 66.4 Å². The Morgan fingerprint density at radius 1 is 1.30 bits per heavy atom. The van der Waals surface area contributed by atoms with E-state index in [9.17, 15) is 18.4 Å². The summed E-state index contributed by atoms with van der Waals surface area (Å²) in [5.41, 5.74) is -0.0348. The molecule has 0 aromatic heterocycles. The molecule has 1 aliphatic rings. The number of nitrogens with one attached hydrogen (secondary N) is 1. The van der Waals surface area contributed by atoms with Gasteiger partial charge in [-0.1, -0.05) is 6.42 Å². The second-order valence-electron chi connectivity index (χ2n) is 4.96. The summed E-state index contributed by atoms with van der Waals surface area (Å²) in [6.07, 6.45) is 1.55. The van der Waals surface area contributed by atoms with Crippen molar-refractivity contribution < 1.29 is 23.5 Å². The van der Waals surface area contributed by atoms with E-state index < -0.39 is 35.5 Å². The fourth-order valence-electron chi connectivity index (χ4n) is 2.54. The van der Waals surface area contributed by atoms with Crippen molar-refractivity contribution in [3.8, 4) is 0 Å². The Morgan fingerprint density at radius 2 is 2.05 bits per heavy atom. The van der Waals surface area contributed by atoms with E-state index in [2.05, 4.69) is 5.32 Å². The molecule has 1 fully saturated rings. The lowest BCUT2D eigenvalue weighted by molar-refractivity contribution is -0.142. The zero-order chi connectivity index (χ0) is 14.7. The lowest BCUT2D eigenvalue weighted by Gasteiger charge is -2.17. The van der Waals surface area contributed by atoms with Crippen LogP contribution in [-0.2, 0) is 16.0 Å². The smallest absolute Gasteiger partial charge is 0.308 e. The molecule has 108 valence electrons. The molecule has 1 aliphatic carbocycles. The predicted molar refractivity (Wildman–Crippen MR) is 67.0 cm³/mol. The Balaban J connectivity index is 1.99. The number of benzene rings is 1. The van der Waals surface area contributed by atoms with Crippen LogP contribution in [0.5, 0.6) is 0 Å². The van der Waals surface area contributed by atoms with Crippen molar-refractivity contribution in [1.82, 2.24) is 5.32 Å². The summed E-state index contributed by atoms with van der Waals surface area (Å²) in [7, 11) is 0. The third-order valence-corrected chi connectivity index (χ3v) is 3.54. The minimum Gasteiger partial charge on any atom is -0.481 e. The van der Waals surface area contributed by atoms with E-state index in [1.807, 2.05) is 0 Å². The number of rotatable bonds is 4. The fourth-order valence-corrected chi connectivity index (χ4v) is 2.54. The van der Waals surface area contributed by atoms with Crippen LogP contribution in [0.3, 0.4) is 0 Å². The van der Waals surface area contributed by atoms with Crippen molar-refractivity contribution in [3.05, 3.63) is 35.4 Å². The van der Waals surface area contributed by atoms with Crippen LogP contribution in [0.4, 0.5) is 8.78 Å². The highest BCUT2D eigenvalue weighted by Crippen LogP contribution is 2.26. The molecule has 0 spiro atoms. The number of carboxylic acids is 1. The minimum absolute atomic E-state index is 0.0348. The molecule has 0 bridgehead atoms. The number of amides is 1. The largest absolute Gasteiger partial charge is 0.481 e. The zero-order valence-corrected chi connectivity index (χ0v) is 10.7. The van der Waals surface area contributed by atoms with Gasteiger partial charge in [0.05, 0.1) is 12.3 Å². The molecule has 0 aliphatic heterocycles. The monoisotopic (exact) mass is 283 g/mol. The minimum atomic E-state index is -0.940. The standard InChI is InChI=1S/C14H15F2NO3/c15-9-4-5-11(16)8(6-9)7-13(18)17-12-3-1-2-10(12)14(19)20/h4-6,10,12H,1-3,7H2,(H,17,18)(H,19,20)/t10-,12+/m1/s1. The molecular formula is C14H15F2NO3. The first-order valence-electron chi connectivity index (χ1n) is 6.43. The van der Waals surface area contributed by atoms with Crippen molar-refractivity contribution in [2.75, 3.05) is 0 Å². The highest BCUT2D eigenvalue weighted by Gasteiger charge is 2.33. The lowest BCUT2D eigenvalue weighted by Crippen LogP contribution is -2.40. The third kappa shape index (κ3) is 3.31. The lowest BCUT2D eigenvalue weighted by atomic mass is 10.0. The highest BCUT2D eigenvalue weighted by molar-refractivity contribution is 5.80. The molecule has 0 unspecified atom stereocenters. The summed E-state index contributed by atoms with van der Waals surface area (Å²) in [6.45, 7) is 0. The number of carbonyl (C=O) groups excluding carboxylic acids is 1. The molecule has 1 aromatic carbocycles. The molecule has 0 radical (unpaired) electrons. The van der Waals surface area contributed by atoms with Crippen LogP contribution < -0.4 is 5.32 Å². The first-order valence-corrected chi connectivity index (χ1v) is 6.43. The Labute approximate surface area is 114 Å². The maximum Gasteiger partial charge on any atom is 0.308 e. The molecule has 6 heteroatoms. The molecule has 4 nitrogen and oxygen atoms in total. The van der Waals surface area contributed by atoms with Gasteiger partial charge in [0, 0.05) is 11.6 Å². The van der Waals surface area contributed by atoms with Crippen LogP contribution in [0, 0.1) is 17.6 Å². The SMILES string of the molecule is O=C(Cc1cc(F)ccc1F)N[C@H]1CCC[C@H]1C(=O)O. The average Bonchev–Trinajstić information content (AvgIpc) is 2.82. The molecular weight excluding hydrogens is 268 g/mol. The Kier molecular flexibility index (Phi) is 4.32. The second kappa shape index (κ2) is 5.98. The summed E-state index contributed by atoms with van der Waals surface area (Å²) in [4.78, 5) is 22.8. The molecule has 1 aromatic rings. The molecule has 0 heterocycles. The summed E-state index contributed by atoms with van der Waals surface area (Å²) in [5.74, 6) is -3.30. The van der Waals surface area contributed by atoms with Crippen molar-refractivity contribution in [2.24, 2.45) is 5.92 Å². The molecule has 20 heavy (non-hydrogen) atoms. The van der Waals surface area contributed by atoms with Gasteiger partial charge in [0.25, 0.3) is 0 Å². The van der Waals surface area contributed by atoms with Gasteiger partial charge in [0.2, 0.25) is 5.91 Å². The van der Waals surface area contributed by atoms with Gasteiger partial charge in [-0.05, 0) is 31.0 Å². The van der Waals surface area contributed by atoms with Gasteiger partial charge in [0.15, 0.2) is 0 Å². The number of hydrogen-bond acceptors (Lipinski definition) is 2. The van der Waals surface area contributed by atoms with Gasteiger partial charge < -0.3 is 10.4 Å². The molecule has 2 atom stereocenters. The Bertz CT molecular complexity index is 533. The number of hydrogen-bond donors (Lipinski definition) is 2. The first-order chi connectivity index (χ1) is 9.47. The molecule has 0 saturated heterocycles. The summed E-state index contributed by atoms with van der Waals surface area (Å²) < 4.78 is 26.4. The van der Waals surface area contributed by atoms with E-state index >= 15 is 0 Å². The zero-order valence-electron chi connectivity index (χ0n) is 10.7. The van der Waals surface area contributed by atoms with E-state index in [1.54, 1.807) is 0 Å². The summed E-state index contributed by atoms with van der Waals surface area (Å²) >= 11 is 0. The van der Waals surface area contributed by atoms with Crippen LogP contribution in [0.25, 0.3) is 0 Å². The van der Waals surface area contributed by atoms with E-state index in [0.717, 1.165) is 24.6 Å². The van der Waals surface area contributed by atoms with Crippen LogP contribution >= 0.6 is 0 Å². The van der Waals surface area contributed by atoms with Crippen LogP contribution in [0.2, 0.25) is 0 Å². The van der Waals surface area contributed by atoms with Gasteiger partial charge >= 0.3 is 5.97 Å². The van der Waals surface area contributed by atoms with Gasteiger partial charge in [-0.3, -0.25) is 9.59 Å². The quantitative estimate of drug-likeness (QED) is 0.886. The molecule has 1 saturated carbocycles. The Morgan fingerprint density at radius 3 is 2.75 bits per heavy atom. The van der Waals surface area contributed by atoms with Gasteiger partial charge in [-0.2, -0.15) is 0 Å². The number of carboxylic acid groups (broad SMARTS) is 1. The van der Waals surface area contributed by atoms with Crippen LogP contribution in [0.1, 0.15) is 24.8 Å². The van der Waals surface area contributed by atoms with Crippen LogP contribution in [0.15, 0.2) is 18.2 Å². The van der Waals surface area contributed by atoms with E-state index in [4.69, 9.17) is 5.11 Å². The number of aliphatic carboxylic acids is 1. The second-order valence-corrected chi connectivity index (χ2v) is 4.96. The summed E-state index contributed by atoms with van der Waals surface area (Å²) in [5, 5.41) is 11.6. The molecule has 1 amide bonds. The van der Waals surface area contributed by atoms with Gasteiger partial charge in [-0.25, -0.2) is 8.78 Å². The summed E-state index contributed by atoms with van der Waals surface area (Å²) in [6, 6.07) is 2.48. The Hall–Kier alpha value is -1.98.